The van der Waals surface area contributed by atoms with Crippen molar-refractivity contribution in [1.29, 1.82) is 0 Å². The van der Waals surface area contributed by atoms with Crippen molar-refractivity contribution in [1.82, 2.24) is 5.32 Å². The molecule has 0 saturated heterocycles. The molecule has 2 aromatic rings. The summed E-state index contributed by atoms with van der Waals surface area (Å²) in [6.07, 6.45) is -0.259. The summed E-state index contributed by atoms with van der Waals surface area (Å²) in [7, 11) is 0. The molecule has 0 aliphatic rings. The van der Waals surface area contributed by atoms with Crippen LogP contribution in [0.25, 0.3) is 0 Å². The highest BCUT2D eigenvalue weighted by Crippen LogP contribution is 2.19. The summed E-state index contributed by atoms with van der Waals surface area (Å²) in [5, 5.41) is 2.90. The quantitative estimate of drug-likeness (QED) is 0.880. The monoisotopic (exact) mass is 301 g/mol. The lowest BCUT2D eigenvalue weighted by Gasteiger charge is -2.21. The Morgan fingerprint density at radius 3 is 2.41 bits per heavy atom. The maximum atomic E-state index is 13.6. The minimum absolute atomic E-state index is 0.0943. The fourth-order valence-corrected chi connectivity index (χ4v) is 2.15. The number of halogens is 1. The summed E-state index contributed by atoms with van der Waals surface area (Å²) < 4.78 is 19.1. The number of hydrogen-bond donors (Lipinski definition) is 1. The summed E-state index contributed by atoms with van der Waals surface area (Å²) in [6.45, 7) is 3.74. The Kier molecular flexibility index (Phi) is 5.53. The molecule has 0 saturated carbocycles. The first-order chi connectivity index (χ1) is 10.6. The van der Waals surface area contributed by atoms with Gasteiger partial charge in [-0.15, -0.1) is 0 Å². The molecule has 0 radical (unpaired) electrons. The van der Waals surface area contributed by atoms with Gasteiger partial charge in [0.2, 0.25) is 0 Å². The lowest BCUT2D eigenvalue weighted by molar-refractivity contribution is -0.128. The smallest absolute Gasteiger partial charge is 0.261 e. The van der Waals surface area contributed by atoms with Crippen molar-refractivity contribution in [2.24, 2.45) is 0 Å². The fraction of sp³-hybridized carbons (Fsp3) is 0.278. The zero-order chi connectivity index (χ0) is 15.9. The molecule has 0 aliphatic carbocycles. The van der Waals surface area contributed by atoms with E-state index in [9.17, 15) is 9.18 Å². The molecule has 2 rings (SSSR count). The fourth-order valence-electron chi connectivity index (χ4n) is 2.15. The number of ether oxygens (including phenoxy) is 1. The molecule has 1 N–H and O–H groups in total. The Balaban J connectivity index is 2.02. The van der Waals surface area contributed by atoms with Gasteiger partial charge in [-0.2, -0.15) is 0 Å². The van der Waals surface area contributed by atoms with Gasteiger partial charge in [-0.1, -0.05) is 49.4 Å². The van der Waals surface area contributed by atoms with E-state index in [0.29, 0.717) is 6.42 Å². The van der Waals surface area contributed by atoms with Crippen LogP contribution in [0.2, 0.25) is 0 Å². The largest absolute Gasteiger partial charge is 0.478 e. The Bertz CT molecular complexity index is 615. The SMILES string of the molecule is CC[C@@H](Oc1ccccc1F)C(=O)N[C@H](C)c1ccccc1. The van der Waals surface area contributed by atoms with Gasteiger partial charge in [0.15, 0.2) is 17.7 Å². The van der Waals surface area contributed by atoms with Crippen LogP contribution in [0.3, 0.4) is 0 Å². The number of para-hydroxylation sites is 1. The van der Waals surface area contributed by atoms with E-state index < -0.39 is 11.9 Å². The third-order valence-electron chi connectivity index (χ3n) is 3.43. The molecular formula is C18H20FNO2. The highest BCUT2D eigenvalue weighted by molar-refractivity contribution is 5.81. The number of benzene rings is 2. The van der Waals surface area contributed by atoms with E-state index in [1.807, 2.05) is 44.2 Å². The number of carbonyl (C=O) groups is 1. The molecule has 2 aromatic carbocycles. The van der Waals surface area contributed by atoms with E-state index >= 15 is 0 Å². The minimum Gasteiger partial charge on any atom is -0.478 e. The van der Waals surface area contributed by atoms with Crippen molar-refractivity contribution in [3.8, 4) is 5.75 Å². The molecule has 0 heterocycles. The number of carbonyl (C=O) groups excluding carboxylic acids is 1. The molecule has 0 spiro atoms. The molecule has 4 heteroatoms. The first-order valence-electron chi connectivity index (χ1n) is 7.38. The summed E-state index contributed by atoms with van der Waals surface area (Å²) in [5.41, 5.74) is 1.01. The summed E-state index contributed by atoms with van der Waals surface area (Å²) in [5.74, 6) is -0.621. The second kappa shape index (κ2) is 7.59. The second-order valence-electron chi connectivity index (χ2n) is 5.09. The van der Waals surface area contributed by atoms with Crippen molar-refractivity contribution < 1.29 is 13.9 Å². The number of rotatable bonds is 6. The summed E-state index contributed by atoms with van der Waals surface area (Å²) in [6, 6.07) is 15.6. The third kappa shape index (κ3) is 4.07. The Morgan fingerprint density at radius 1 is 1.14 bits per heavy atom. The highest BCUT2D eigenvalue weighted by atomic mass is 19.1. The lowest BCUT2D eigenvalue weighted by atomic mass is 10.1. The van der Waals surface area contributed by atoms with Crippen molar-refractivity contribution >= 4 is 5.91 Å². The normalized spacial score (nSPS) is 13.2. The predicted molar refractivity (Wildman–Crippen MR) is 84.1 cm³/mol. The zero-order valence-corrected chi connectivity index (χ0v) is 12.8. The van der Waals surface area contributed by atoms with Crippen LogP contribution in [0.5, 0.6) is 5.75 Å². The Hall–Kier alpha value is -2.36. The van der Waals surface area contributed by atoms with Gasteiger partial charge >= 0.3 is 0 Å². The first kappa shape index (κ1) is 16.0. The molecule has 0 bridgehead atoms. The van der Waals surface area contributed by atoms with Crippen LogP contribution in [0, 0.1) is 5.82 Å². The van der Waals surface area contributed by atoms with Gasteiger partial charge in [-0.05, 0) is 31.0 Å². The van der Waals surface area contributed by atoms with Gasteiger partial charge in [0, 0.05) is 0 Å². The van der Waals surface area contributed by atoms with Crippen LogP contribution in [0.15, 0.2) is 54.6 Å². The number of nitrogens with one attached hydrogen (secondary N) is 1. The van der Waals surface area contributed by atoms with E-state index in [1.54, 1.807) is 12.1 Å². The summed E-state index contributed by atoms with van der Waals surface area (Å²) in [4.78, 5) is 12.3. The van der Waals surface area contributed by atoms with Crippen LogP contribution in [0.1, 0.15) is 31.9 Å². The third-order valence-corrected chi connectivity index (χ3v) is 3.43. The molecule has 0 unspecified atom stereocenters. The maximum Gasteiger partial charge on any atom is 0.261 e. The Labute approximate surface area is 130 Å². The molecule has 1 amide bonds. The van der Waals surface area contributed by atoms with Gasteiger partial charge in [0.1, 0.15) is 0 Å². The molecule has 0 aliphatic heterocycles. The number of hydrogen-bond acceptors (Lipinski definition) is 2. The van der Waals surface area contributed by atoms with Gasteiger partial charge in [-0.25, -0.2) is 4.39 Å². The molecule has 2 atom stereocenters. The van der Waals surface area contributed by atoms with Gasteiger partial charge in [0.05, 0.1) is 6.04 Å². The molecule has 0 aromatic heterocycles. The highest BCUT2D eigenvalue weighted by Gasteiger charge is 2.21. The van der Waals surface area contributed by atoms with Crippen LogP contribution in [-0.4, -0.2) is 12.0 Å². The van der Waals surface area contributed by atoms with Crippen molar-refractivity contribution in [3.05, 3.63) is 66.0 Å². The summed E-state index contributed by atoms with van der Waals surface area (Å²) >= 11 is 0. The van der Waals surface area contributed by atoms with E-state index in [4.69, 9.17) is 4.74 Å². The number of amides is 1. The topological polar surface area (TPSA) is 38.3 Å². The minimum atomic E-state index is -0.719. The molecule has 116 valence electrons. The average molecular weight is 301 g/mol. The van der Waals surface area contributed by atoms with Gasteiger partial charge in [-0.3, -0.25) is 4.79 Å². The predicted octanol–water partition coefficient (Wildman–Crippen LogP) is 3.86. The molecular weight excluding hydrogens is 281 g/mol. The molecule has 22 heavy (non-hydrogen) atoms. The van der Waals surface area contributed by atoms with Crippen LogP contribution in [0.4, 0.5) is 4.39 Å². The van der Waals surface area contributed by atoms with E-state index in [0.717, 1.165) is 5.56 Å². The van der Waals surface area contributed by atoms with Crippen LogP contribution >= 0.6 is 0 Å². The average Bonchev–Trinajstić information content (AvgIpc) is 2.54. The second-order valence-corrected chi connectivity index (χ2v) is 5.09. The zero-order valence-electron chi connectivity index (χ0n) is 12.8. The standard InChI is InChI=1S/C18H20FNO2/c1-3-16(22-17-12-8-7-11-15(17)19)18(21)20-13(2)14-9-5-4-6-10-14/h4-13,16H,3H2,1-2H3,(H,20,21)/t13-,16-/m1/s1. The van der Waals surface area contributed by atoms with Crippen molar-refractivity contribution in [3.63, 3.8) is 0 Å². The van der Waals surface area contributed by atoms with E-state index in [2.05, 4.69) is 5.32 Å². The van der Waals surface area contributed by atoms with Gasteiger partial charge in [0.25, 0.3) is 5.91 Å². The van der Waals surface area contributed by atoms with Gasteiger partial charge < -0.3 is 10.1 Å². The Morgan fingerprint density at radius 2 is 1.77 bits per heavy atom. The van der Waals surface area contributed by atoms with E-state index in [1.165, 1.54) is 12.1 Å². The molecule has 3 nitrogen and oxygen atoms in total. The first-order valence-corrected chi connectivity index (χ1v) is 7.38. The van der Waals surface area contributed by atoms with Crippen molar-refractivity contribution in [2.45, 2.75) is 32.4 Å². The van der Waals surface area contributed by atoms with Crippen LogP contribution < -0.4 is 10.1 Å². The van der Waals surface area contributed by atoms with Crippen LogP contribution in [-0.2, 0) is 4.79 Å². The lowest BCUT2D eigenvalue weighted by Crippen LogP contribution is -2.39. The molecule has 0 fully saturated rings. The maximum absolute atomic E-state index is 13.6. The van der Waals surface area contributed by atoms with Crippen molar-refractivity contribution in [2.75, 3.05) is 0 Å². The van der Waals surface area contributed by atoms with E-state index in [-0.39, 0.29) is 17.7 Å².